The molecule has 1 heterocycles. The third-order valence-electron chi connectivity index (χ3n) is 1.79. The molecule has 1 aliphatic rings. The van der Waals surface area contributed by atoms with Crippen LogP contribution in [0.2, 0.25) is 0 Å². The largest absolute Gasteiger partial charge is 0.345 e. The topological polar surface area (TPSA) is 34.1 Å². The van der Waals surface area contributed by atoms with Gasteiger partial charge < -0.3 is 0 Å². The van der Waals surface area contributed by atoms with E-state index >= 15 is 0 Å². The normalized spacial score (nSPS) is 36.1. The van der Waals surface area contributed by atoms with Crippen LogP contribution in [0.5, 0.6) is 0 Å². The van der Waals surface area contributed by atoms with Gasteiger partial charge in [-0.3, -0.25) is 0 Å². The maximum absolute atomic E-state index is 12.4. The third-order valence-corrected chi connectivity index (χ3v) is 4.12. The average molecular weight is 170 g/mol. The van der Waals surface area contributed by atoms with Crippen molar-refractivity contribution in [2.75, 3.05) is 0 Å². The van der Waals surface area contributed by atoms with E-state index in [1.165, 1.54) is 6.92 Å². The van der Waals surface area contributed by atoms with Gasteiger partial charge in [0.1, 0.15) is 0 Å². The first-order valence-electron chi connectivity index (χ1n) is 2.99. The molecule has 10 heavy (non-hydrogen) atoms. The van der Waals surface area contributed by atoms with Crippen LogP contribution in [0.4, 0.5) is 8.78 Å². The Hall–Kier alpha value is -0.190. The minimum Gasteiger partial charge on any atom is -0.222 e. The highest BCUT2D eigenvalue weighted by atomic mass is 32.2. The van der Waals surface area contributed by atoms with Crippen molar-refractivity contribution in [3.63, 3.8) is 0 Å². The lowest BCUT2D eigenvalue weighted by Gasteiger charge is -2.07. The molecule has 1 atom stereocenters. The van der Waals surface area contributed by atoms with Gasteiger partial charge >= 0.3 is 5.25 Å². The fourth-order valence-corrected chi connectivity index (χ4v) is 2.38. The molecule has 0 radical (unpaired) electrons. The fourth-order valence-electron chi connectivity index (χ4n) is 0.963. The summed E-state index contributed by atoms with van der Waals surface area (Å²) in [6.07, 6.45) is -0.439. The third kappa shape index (κ3) is 0.836. The van der Waals surface area contributed by atoms with E-state index in [2.05, 4.69) is 0 Å². The van der Waals surface area contributed by atoms with Crippen molar-refractivity contribution < 1.29 is 17.2 Å². The van der Waals surface area contributed by atoms with Gasteiger partial charge in [0.2, 0.25) is 9.84 Å². The van der Waals surface area contributed by atoms with Crippen LogP contribution in [0.1, 0.15) is 19.8 Å². The molecule has 0 bridgehead atoms. The Balaban J connectivity index is 3.09. The number of hydrogen-bond acceptors (Lipinski definition) is 2. The van der Waals surface area contributed by atoms with Crippen molar-refractivity contribution in [2.45, 2.75) is 30.3 Å². The zero-order chi connectivity index (χ0) is 7.99. The zero-order valence-electron chi connectivity index (χ0n) is 5.47. The predicted octanol–water partition coefficient (Wildman–Crippen LogP) is 1.18. The quantitative estimate of drug-likeness (QED) is 0.547. The summed E-state index contributed by atoms with van der Waals surface area (Å²) in [5, 5.41) is -4.34. The summed E-state index contributed by atoms with van der Waals surface area (Å²) in [6.45, 7) is 1.32. The molecule has 1 unspecified atom stereocenters. The summed E-state index contributed by atoms with van der Waals surface area (Å²) in [6, 6.07) is 0. The van der Waals surface area contributed by atoms with Crippen LogP contribution in [0.25, 0.3) is 0 Å². The van der Waals surface area contributed by atoms with E-state index in [-0.39, 0.29) is 6.42 Å². The molecule has 5 heteroatoms. The lowest BCUT2D eigenvalue weighted by Crippen LogP contribution is -2.26. The van der Waals surface area contributed by atoms with Crippen LogP contribution in [-0.2, 0) is 9.84 Å². The van der Waals surface area contributed by atoms with Gasteiger partial charge in [0.25, 0.3) is 0 Å². The summed E-state index contributed by atoms with van der Waals surface area (Å²) in [5.74, 6) is 0. The molecule has 60 valence electrons. The molecular weight excluding hydrogens is 162 g/mol. The minimum atomic E-state index is -4.14. The summed E-state index contributed by atoms with van der Waals surface area (Å²) in [4.78, 5) is 0. The smallest absolute Gasteiger partial charge is 0.222 e. The van der Waals surface area contributed by atoms with Crippen molar-refractivity contribution in [3.05, 3.63) is 0 Å². The molecule has 1 fully saturated rings. The average Bonchev–Trinajstić information content (AvgIpc) is 1.94. The summed E-state index contributed by atoms with van der Waals surface area (Å²) < 4.78 is 46.1. The molecule has 0 saturated carbocycles. The fraction of sp³-hybridized carbons (Fsp3) is 1.00. The lowest BCUT2D eigenvalue weighted by molar-refractivity contribution is 0.0921. The number of hydrogen-bond donors (Lipinski definition) is 0. The Morgan fingerprint density at radius 3 is 2.10 bits per heavy atom. The molecule has 0 aromatic heterocycles. The van der Waals surface area contributed by atoms with Crippen molar-refractivity contribution in [2.24, 2.45) is 0 Å². The first-order chi connectivity index (χ1) is 4.38. The van der Waals surface area contributed by atoms with E-state index in [9.17, 15) is 17.2 Å². The van der Waals surface area contributed by atoms with Crippen LogP contribution in [0, 0.1) is 0 Å². The Morgan fingerprint density at radius 2 is 2.00 bits per heavy atom. The van der Waals surface area contributed by atoms with Gasteiger partial charge in [-0.05, 0) is 13.3 Å². The standard InChI is InChI=1S/C5H8F2O2S/c1-4-2-3-5(6,7)10(4,8)9/h4H,2-3H2,1H3. The molecule has 0 aliphatic carbocycles. The molecule has 0 aromatic rings. The van der Waals surface area contributed by atoms with E-state index in [0.717, 1.165) is 0 Å². The Kier molecular flexibility index (Phi) is 1.50. The molecule has 1 saturated heterocycles. The summed E-state index contributed by atoms with van der Waals surface area (Å²) in [7, 11) is -4.14. The molecule has 1 aliphatic heterocycles. The van der Waals surface area contributed by atoms with Crippen LogP contribution < -0.4 is 0 Å². The van der Waals surface area contributed by atoms with Crippen LogP contribution in [0.3, 0.4) is 0 Å². The Labute approximate surface area is 58.1 Å². The highest BCUT2D eigenvalue weighted by Gasteiger charge is 2.53. The molecule has 0 N–H and O–H groups in total. The SMILES string of the molecule is CC1CCC(F)(F)S1(=O)=O. The molecule has 0 amide bonds. The van der Waals surface area contributed by atoms with Crippen molar-refractivity contribution in [1.82, 2.24) is 0 Å². The van der Waals surface area contributed by atoms with Crippen molar-refractivity contribution in [3.8, 4) is 0 Å². The Bertz CT molecular complexity index is 232. The van der Waals surface area contributed by atoms with E-state index < -0.39 is 26.8 Å². The lowest BCUT2D eigenvalue weighted by atomic mass is 10.3. The molecule has 0 aromatic carbocycles. The Morgan fingerprint density at radius 1 is 1.50 bits per heavy atom. The number of alkyl halides is 2. The minimum absolute atomic E-state index is 0.0787. The molecule has 2 nitrogen and oxygen atoms in total. The van der Waals surface area contributed by atoms with Gasteiger partial charge in [0.05, 0.1) is 5.25 Å². The molecular formula is C5H8F2O2S. The highest BCUT2D eigenvalue weighted by Crippen LogP contribution is 2.39. The van der Waals surface area contributed by atoms with E-state index in [4.69, 9.17) is 0 Å². The second-order valence-electron chi connectivity index (χ2n) is 2.53. The number of rotatable bonds is 0. The monoisotopic (exact) mass is 170 g/mol. The highest BCUT2D eigenvalue weighted by molar-refractivity contribution is 7.93. The molecule has 1 rings (SSSR count). The van der Waals surface area contributed by atoms with Gasteiger partial charge in [-0.2, -0.15) is 8.78 Å². The van der Waals surface area contributed by atoms with Crippen LogP contribution in [0.15, 0.2) is 0 Å². The second-order valence-corrected chi connectivity index (χ2v) is 5.02. The summed E-state index contributed by atoms with van der Waals surface area (Å²) in [5.41, 5.74) is 0. The molecule has 0 spiro atoms. The van der Waals surface area contributed by atoms with Gasteiger partial charge in [-0.25, -0.2) is 8.42 Å². The predicted molar refractivity (Wildman–Crippen MR) is 32.6 cm³/mol. The summed E-state index contributed by atoms with van der Waals surface area (Å²) >= 11 is 0. The van der Waals surface area contributed by atoms with Crippen molar-refractivity contribution >= 4 is 9.84 Å². The van der Waals surface area contributed by atoms with E-state index in [1.807, 2.05) is 0 Å². The number of sulfone groups is 1. The van der Waals surface area contributed by atoms with Gasteiger partial charge in [-0.1, -0.05) is 0 Å². The maximum Gasteiger partial charge on any atom is 0.345 e. The van der Waals surface area contributed by atoms with E-state index in [0.29, 0.717) is 0 Å². The first kappa shape index (κ1) is 7.91. The van der Waals surface area contributed by atoms with E-state index in [1.54, 1.807) is 0 Å². The zero-order valence-corrected chi connectivity index (χ0v) is 6.29. The van der Waals surface area contributed by atoms with Crippen LogP contribution >= 0.6 is 0 Å². The number of halogens is 2. The van der Waals surface area contributed by atoms with Crippen molar-refractivity contribution in [1.29, 1.82) is 0 Å². The maximum atomic E-state index is 12.4. The van der Waals surface area contributed by atoms with Gasteiger partial charge in [0, 0.05) is 6.42 Å². The second kappa shape index (κ2) is 1.90. The first-order valence-corrected chi connectivity index (χ1v) is 4.54. The van der Waals surface area contributed by atoms with Crippen LogP contribution in [-0.4, -0.2) is 18.9 Å². The van der Waals surface area contributed by atoms with Gasteiger partial charge in [0.15, 0.2) is 0 Å². The van der Waals surface area contributed by atoms with Gasteiger partial charge in [-0.15, -0.1) is 0 Å².